The topological polar surface area (TPSA) is 103 Å². The molecule has 0 radical (unpaired) electrons. The molecule has 2 aromatic rings. The monoisotopic (exact) mass is 423 g/mol. The summed E-state index contributed by atoms with van der Waals surface area (Å²) < 4.78 is 0. The smallest absolute Gasteiger partial charge is 0.335 e. The van der Waals surface area contributed by atoms with Gasteiger partial charge in [-0.05, 0) is 68.0 Å². The van der Waals surface area contributed by atoms with Crippen molar-refractivity contribution in [1.82, 2.24) is 4.98 Å². The normalized spacial score (nSPS) is 14.5. The van der Waals surface area contributed by atoms with Crippen molar-refractivity contribution in [2.45, 2.75) is 62.1 Å². The van der Waals surface area contributed by atoms with Crippen molar-refractivity contribution in [3.8, 4) is 6.07 Å². The second kappa shape index (κ2) is 10.3. The predicted molar refractivity (Wildman–Crippen MR) is 117 cm³/mol. The summed E-state index contributed by atoms with van der Waals surface area (Å²) in [6, 6.07) is 10.3. The fraction of sp³-hybridized carbons (Fsp3) is 0.391. The van der Waals surface area contributed by atoms with Crippen molar-refractivity contribution in [2.75, 3.05) is 5.32 Å². The summed E-state index contributed by atoms with van der Waals surface area (Å²) >= 11 is 1.32. The minimum atomic E-state index is -1.01. The van der Waals surface area contributed by atoms with Crippen LogP contribution in [0.3, 0.4) is 0 Å². The highest BCUT2D eigenvalue weighted by atomic mass is 32.2. The number of nitriles is 1. The highest BCUT2D eigenvalue weighted by Crippen LogP contribution is 2.31. The molecule has 0 fully saturated rings. The van der Waals surface area contributed by atoms with Crippen LogP contribution < -0.4 is 5.32 Å². The zero-order chi connectivity index (χ0) is 21.5. The van der Waals surface area contributed by atoms with E-state index in [9.17, 15) is 14.9 Å². The zero-order valence-electron chi connectivity index (χ0n) is 17.0. The Morgan fingerprint density at radius 2 is 1.90 bits per heavy atom. The Balaban J connectivity index is 1.77. The maximum Gasteiger partial charge on any atom is 0.335 e. The van der Waals surface area contributed by atoms with E-state index < -0.39 is 11.2 Å². The Kier molecular flexibility index (Phi) is 7.47. The number of pyridine rings is 1. The summed E-state index contributed by atoms with van der Waals surface area (Å²) in [6.45, 7) is 1.92. The zero-order valence-corrected chi connectivity index (χ0v) is 17.8. The Morgan fingerprint density at radius 3 is 2.53 bits per heavy atom. The Bertz CT molecular complexity index is 967. The van der Waals surface area contributed by atoms with Crippen LogP contribution in [0.25, 0.3) is 0 Å². The minimum absolute atomic E-state index is 0.165. The van der Waals surface area contributed by atoms with Gasteiger partial charge in [0.05, 0.1) is 16.4 Å². The number of aromatic carboxylic acids is 1. The fourth-order valence-electron chi connectivity index (χ4n) is 3.51. The van der Waals surface area contributed by atoms with Gasteiger partial charge < -0.3 is 10.4 Å². The number of aromatic nitrogens is 1. The molecule has 1 amide bonds. The van der Waals surface area contributed by atoms with E-state index in [1.54, 1.807) is 12.1 Å². The number of nitrogens with zero attached hydrogens (tertiary/aromatic N) is 2. The number of fused-ring (bicyclic) bond motifs is 1. The first kappa shape index (κ1) is 21.8. The first-order valence-electron chi connectivity index (χ1n) is 10.3. The number of carbonyl (C=O) groups is 2. The van der Waals surface area contributed by atoms with Crippen LogP contribution in [0.5, 0.6) is 0 Å². The average Bonchev–Trinajstić information content (AvgIpc) is 2.73. The van der Waals surface area contributed by atoms with Crippen molar-refractivity contribution in [3.05, 3.63) is 52.7 Å². The van der Waals surface area contributed by atoms with Crippen molar-refractivity contribution < 1.29 is 14.7 Å². The lowest BCUT2D eigenvalue weighted by Crippen LogP contribution is -2.25. The lowest BCUT2D eigenvalue weighted by atomic mass is 9.96. The largest absolute Gasteiger partial charge is 0.478 e. The average molecular weight is 424 g/mol. The molecule has 1 aliphatic rings. The molecule has 1 heterocycles. The fourth-order valence-corrected chi connectivity index (χ4v) is 4.51. The van der Waals surface area contributed by atoms with Gasteiger partial charge in [-0.25, -0.2) is 9.78 Å². The maximum absolute atomic E-state index is 12.8. The second-order valence-electron chi connectivity index (χ2n) is 7.36. The Hall–Kier alpha value is -2.85. The van der Waals surface area contributed by atoms with Gasteiger partial charge in [0.15, 0.2) is 0 Å². The number of hydrogen-bond acceptors (Lipinski definition) is 5. The van der Waals surface area contributed by atoms with Crippen LogP contribution in [-0.2, 0) is 17.6 Å². The van der Waals surface area contributed by atoms with Gasteiger partial charge in [-0.2, -0.15) is 5.26 Å². The third kappa shape index (κ3) is 5.39. The number of thioether (sulfide) groups is 1. The summed E-state index contributed by atoms with van der Waals surface area (Å²) in [5, 5.41) is 21.7. The van der Waals surface area contributed by atoms with Crippen LogP contribution in [0.4, 0.5) is 5.69 Å². The molecule has 6 nitrogen and oxygen atoms in total. The molecule has 0 aliphatic heterocycles. The highest BCUT2D eigenvalue weighted by Gasteiger charge is 2.22. The standard InChI is InChI=1S/C23H25N3O3S/c1-2-20(21(27)25-18-11-9-15(10-12-18)23(28)29)30-22-17(14-24)13-16-7-5-3-4-6-8-19(16)26-22/h9-13,20H,2-8H2,1H3,(H,25,27)(H,28,29). The highest BCUT2D eigenvalue weighted by molar-refractivity contribution is 8.00. The predicted octanol–water partition coefficient (Wildman–Crippen LogP) is 4.82. The summed E-state index contributed by atoms with van der Waals surface area (Å²) in [6.07, 6.45) is 7.06. The SMILES string of the molecule is CCC(Sc1nc2c(cc1C#N)CCCCCC2)C(=O)Nc1ccc(C(=O)O)cc1. The number of carboxylic acids is 1. The summed E-state index contributed by atoms with van der Waals surface area (Å²) in [4.78, 5) is 28.6. The second-order valence-corrected chi connectivity index (χ2v) is 8.55. The number of nitrogens with one attached hydrogen (secondary N) is 1. The third-order valence-electron chi connectivity index (χ3n) is 5.20. The van der Waals surface area contributed by atoms with Crippen molar-refractivity contribution in [2.24, 2.45) is 0 Å². The maximum atomic E-state index is 12.8. The van der Waals surface area contributed by atoms with Gasteiger partial charge in [0.1, 0.15) is 11.1 Å². The van der Waals surface area contributed by atoms with Crippen LogP contribution in [0, 0.1) is 11.3 Å². The van der Waals surface area contributed by atoms with Gasteiger partial charge in [-0.3, -0.25) is 4.79 Å². The van der Waals surface area contributed by atoms with E-state index in [4.69, 9.17) is 10.1 Å². The summed E-state index contributed by atoms with van der Waals surface area (Å²) in [5.74, 6) is -1.20. The molecule has 1 unspecified atom stereocenters. The molecule has 1 aliphatic carbocycles. The van der Waals surface area contributed by atoms with Gasteiger partial charge in [-0.1, -0.05) is 31.5 Å². The van der Waals surface area contributed by atoms with Gasteiger partial charge in [0, 0.05) is 11.4 Å². The molecule has 2 N–H and O–H groups in total. The van der Waals surface area contributed by atoms with Crippen LogP contribution in [0.15, 0.2) is 35.4 Å². The Morgan fingerprint density at radius 1 is 1.20 bits per heavy atom. The first-order chi connectivity index (χ1) is 14.5. The number of hydrogen-bond donors (Lipinski definition) is 2. The molecule has 7 heteroatoms. The van der Waals surface area contributed by atoms with E-state index in [0.29, 0.717) is 22.7 Å². The minimum Gasteiger partial charge on any atom is -0.478 e. The van der Waals surface area contributed by atoms with Gasteiger partial charge in [0.2, 0.25) is 5.91 Å². The van der Waals surface area contributed by atoms with E-state index >= 15 is 0 Å². The molecule has 1 aromatic carbocycles. The number of benzene rings is 1. The van der Waals surface area contributed by atoms with Crippen molar-refractivity contribution >= 4 is 29.3 Å². The molecule has 30 heavy (non-hydrogen) atoms. The molecule has 0 saturated carbocycles. The molecule has 0 bridgehead atoms. The number of rotatable bonds is 6. The molecule has 3 rings (SSSR count). The molecule has 156 valence electrons. The molecule has 1 aromatic heterocycles. The Labute approximate surface area is 180 Å². The van der Waals surface area contributed by atoms with E-state index in [1.807, 2.05) is 13.0 Å². The van der Waals surface area contributed by atoms with Crippen LogP contribution >= 0.6 is 11.8 Å². The molecule has 1 atom stereocenters. The van der Waals surface area contributed by atoms with Gasteiger partial charge in [-0.15, -0.1) is 0 Å². The van der Waals surface area contributed by atoms with E-state index in [1.165, 1.54) is 36.7 Å². The number of amides is 1. The molecular weight excluding hydrogens is 398 g/mol. The van der Waals surface area contributed by atoms with E-state index in [2.05, 4.69) is 11.4 Å². The summed E-state index contributed by atoms with van der Waals surface area (Å²) in [5.41, 5.74) is 3.44. The van der Waals surface area contributed by atoms with Crippen LogP contribution in [0.1, 0.15) is 66.2 Å². The lowest BCUT2D eigenvalue weighted by Gasteiger charge is -2.18. The molecule has 0 spiro atoms. The van der Waals surface area contributed by atoms with Crippen LogP contribution in [-0.4, -0.2) is 27.2 Å². The van der Waals surface area contributed by atoms with Crippen molar-refractivity contribution in [1.29, 1.82) is 5.26 Å². The number of aryl methyl sites for hydroxylation is 2. The lowest BCUT2D eigenvalue weighted by molar-refractivity contribution is -0.115. The molecule has 0 saturated heterocycles. The van der Waals surface area contributed by atoms with Gasteiger partial charge >= 0.3 is 5.97 Å². The first-order valence-corrected chi connectivity index (χ1v) is 11.1. The van der Waals surface area contributed by atoms with Gasteiger partial charge in [0.25, 0.3) is 0 Å². The van der Waals surface area contributed by atoms with Crippen molar-refractivity contribution in [3.63, 3.8) is 0 Å². The third-order valence-corrected chi connectivity index (χ3v) is 6.57. The molecular formula is C23H25N3O3S. The number of carbonyl (C=O) groups excluding carboxylic acids is 1. The summed E-state index contributed by atoms with van der Waals surface area (Å²) in [7, 11) is 0. The quantitative estimate of drug-likeness (QED) is 0.646. The van der Waals surface area contributed by atoms with E-state index in [-0.39, 0.29) is 11.5 Å². The van der Waals surface area contributed by atoms with Crippen LogP contribution in [0.2, 0.25) is 0 Å². The number of carboxylic acid groups (broad SMARTS) is 1. The van der Waals surface area contributed by atoms with E-state index in [0.717, 1.165) is 36.9 Å². The number of anilines is 1.